The summed E-state index contributed by atoms with van der Waals surface area (Å²) in [6, 6.07) is 3.55. The first-order chi connectivity index (χ1) is 7.06. The summed E-state index contributed by atoms with van der Waals surface area (Å²) in [6.07, 6.45) is 0.840. The number of carbonyl (C=O) groups is 1. The van der Waals surface area contributed by atoms with Gasteiger partial charge in [-0.25, -0.2) is 0 Å². The Kier molecular flexibility index (Phi) is 2.03. The monoisotopic (exact) mass is 203 g/mol. The third-order valence-corrected chi connectivity index (χ3v) is 2.98. The van der Waals surface area contributed by atoms with Crippen LogP contribution in [0.2, 0.25) is 0 Å². The average molecular weight is 203 g/mol. The number of hydrogen-bond donors (Lipinski definition) is 1. The maximum Gasteiger partial charge on any atom is 0.152 e. The molecule has 2 aromatic rings. The van der Waals surface area contributed by atoms with Gasteiger partial charge in [-0.1, -0.05) is 0 Å². The normalized spacial score (nSPS) is 10.9. The topological polar surface area (TPSA) is 42.2 Å². The fourth-order valence-corrected chi connectivity index (χ4v) is 1.88. The van der Waals surface area contributed by atoms with Crippen molar-refractivity contribution in [2.45, 2.75) is 13.8 Å². The molecule has 1 heterocycles. The molecule has 2 rings (SSSR count). The van der Waals surface area contributed by atoms with Gasteiger partial charge in [0, 0.05) is 29.2 Å². The summed E-state index contributed by atoms with van der Waals surface area (Å²) in [4.78, 5) is 11.0. The lowest BCUT2D eigenvalue weighted by atomic mass is 10.1. The highest BCUT2D eigenvalue weighted by Crippen LogP contribution is 2.29. The van der Waals surface area contributed by atoms with Crippen LogP contribution in [0.4, 0.5) is 0 Å². The molecule has 1 aromatic carbocycles. The first kappa shape index (κ1) is 9.77. The molecule has 1 aromatic heterocycles. The van der Waals surface area contributed by atoms with Crippen LogP contribution in [0.5, 0.6) is 5.75 Å². The van der Waals surface area contributed by atoms with Crippen LogP contribution in [0.25, 0.3) is 10.9 Å². The van der Waals surface area contributed by atoms with Gasteiger partial charge in [0.1, 0.15) is 5.75 Å². The van der Waals surface area contributed by atoms with Crippen molar-refractivity contribution in [1.29, 1.82) is 0 Å². The average Bonchev–Trinajstić information content (AvgIpc) is 2.42. The zero-order chi connectivity index (χ0) is 11.2. The van der Waals surface area contributed by atoms with Crippen LogP contribution >= 0.6 is 0 Å². The molecular weight excluding hydrogens is 190 g/mol. The van der Waals surface area contributed by atoms with Crippen LogP contribution in [0, 0.1) is 13.8 Å². The van der Waals surface area contributed by atoms with Crippen molar-refractivity contribution in [2.24, 2.45) is 7.05 Å². The maximum atomic E-state index is 11.0. The lowest BCUT2D eigenvalue weighted by Crippen LogP contribution is -1.91. The summed E-state index contributed by atoms with van der Waals surface area (Å²) in [5.41, 5.74) is 3.37. The number of carbonyl (C=O) groups excluding carboxylic acids is 1. The predicted molar refractivity (Wildman–Crippen MR) is 59.4 cm³/mol. The van der Waals surface area contributed by atoms with Gasteiger partial charge < -0.3 is 9.67 Å². The first-order valence-electron chi connectivity index (χ1n) is 4.80. The molecule has 0 saturated carbocycles. The molecule has 0 amide bonds. The van der Waals surface area contributed by atoms with E-state index in [-0.39, 0.29) is 5.75 Å². The number of aldehydes is 1. The van der Waals surface area contributed by atoms with Gasteiger partial charge in [-0.15, -0.1) is 0 Å². The van der Waals surface area contributed by atoms with Crippen molar-refractivity contribution in [3.8, 4) is 5.75 Å². The smallest absolute Gasteiger partial charge is 0.152 e. The predicted octanol–water partition coefficient (Wildman–Crippen LogP) is 2.31. The standard InChI is InChI=1S/C12H13NO2/c1-7-4-11-9(5-12(7)15)10(6-14)8(2)13(11)3/h4-6,15H,1-3H3. The fourth-order valence-electron chi connectivity index (χ4n) is 1.88. The number of rotatable bonds is 1. The van der Waals surface area contributed by atoms with Gasteiger partial charge >= 0.3 is 0 Å². The lowest BCUT2D eigenvalue weighted by Gasteiger charge is -2.01. The minimum absolute atomic E-state index is 0.233. The Hall–Kier alpha value is -1.77. The molecule has 78 valence electrons. The molecule has 0 spiro atoms. The molecule has 3 nitrogen and oxygen atoms in total. The molecule has 0 aliphatic rings. The summed E-state index contributed by atoms with van der Waals surface area (Å²) in [5.74, 6) is 0.233. The molecule has 0 atom stereocenters. The van der Waals surface area contributed by atoms with Crippen molar-refractivity contribution >= 4 is 17.2 Å². The molecule has 0 saturated heterocycles. The molecule has 0 unspecified atom stereocenters. The Balaban J connectivity index is 2.97. The quantitative estimate of drug-likeness (QED) is 0.723. The molecule has 0 radical (unpaired) electrons. The molecule has 0 aliphatic carbocycles. The number of hydrogen-bond acceptors (Lipinski definition) is 2. The Morgan fingerprint density at radius 2 is 2.00 bits per heavy atom. The number of phenolic OH excluding ortho intramolecular Hbond substituents is 1. The minimum atomic E-state index is 0.233. The summed E-state index contributed by atoms with van der Waals surface area (Å²) < 4.78 is 1.96. The number of phenols is 1. The molecular formula is C12H13NO2. The third kappa shape index (κ3) is 1.23. The Bertz CT molecular complexity index is 552. The zero-order valence-electron chi connectivity index (χ0n) is 9.03. The van der Waals surface area contributed by atoms with E-state index in [4.69, 9.17) is 0 Å². The van der Waals surface area contributed by atoms with Gasteiger partial charge in [-0.3, -0.25) is 4.79 Å². The van der Waals surface area contributed by atoms with Crippen LogP contribution in [-0.4, -0.2) is 16.0 Å². The highest BCUT2D eigenvalue weighted by Gasteiger charge is 2.12. The minimum Gasteiger partial charge on any atom is -0.508 e. The number of benzene rings is 1. The molecule has 0 aliphatic heterocycles. The van der Waals surface area contributed by atoms with Gasteiger partial charge in [-0.05, 0) is 31.5 Å². The van der Waals surface area contributed by atoms with Gasteiger partial charge in [-0.2, -0.15) is 0 Å². The summed E-state index contributed by atoms with van der Waals surface area (Å²) >= 11 is 0. The van der Waals surface area contributed by atoms with Crippen LogP contribution in [0.15, 0.2) is 12.1 Å². The Morgan fingerprint density at radius 1 is 1.33 bits per heavy atom. The Morgan fingerprint density at radius 3 is 2.60 bits per heavy atom. The van der Waals surface area contributed by atoms with E-state index in [1.165, 1.54) is 0 Å². The largest absolute Gasteiger partial charge is 0.508 e. The number of aromatic hydroxyl groups is 1. The number of aromatic nitrogens is 1. The second-order valence-electron chi connectivity index (χ2n) is 3.83. The van der Waals surface area contributed by atoms with Crippen molar-refractivity contribution in [2.75, 3.05) is 0 Å². The van der Waals surface area contributed by atoms with E-state index in [2.05, 4.69) is 0 Å². The van der Waals surface area contributed by atoms with E-state index in [1.807, 2.05) is 31.5 Å². The van der Waals surface area contributed by atoms with Gasteiger partial charge in [0.05, 0.1) is 0 Å². The van der Waals surface area contributed by atoms with E-state index in [0.29, 0.717) is 5.56 Å². The van der Waals surface area contributed by atoms with Crippen LogP contribution in [-0.2, 0) is 7.05 Å². The maximum absolute atomic E-state index is 11.0. The Labute approximate surface area is 87.9 Å². The second kappa shape index (κ2) is 3.12. The number of aryl methyl sites for hydroxylation is 2. The van der Waals surface area contributed by atoms with Crippen LogP contribution in [0.1, 0.15) is 21.6 Å². The molecule has 15 heavy (non-hydrogen) atoms. The molecule has 0 bridgehead atoms. The highest BCUT2D eigenvalue weighted by molar-refractivity contribution is 6.00. The summed E-state index contributed by atoms with van der Waals surface area (Å²) in [7, 11) is 1.92. The number of fused-ring (bicyclic) bond motifs is 1. The first-order valence-corrected chi connectivity index (χ1v) is 4.80. The van der Waals surface area contributed by atoms with Gasteiger partial charge in [0.15, 0.2) is 6.29 Å². The van der Waals surface area contributed by atoms with Crippen molar-refractivity contribution in [3.63, 3.8) is 0 Å². The van der Waals surface area contributed by atoms with E-state index in [0.717, 1.165) is 28.4 Å². The SMILES string of the molecule is Cc1cc2c(cc1O)c(C=O)c(C)n2C. The third-order valence-electron chi connectivity index (χ3n) is 2.98. The molecule has 0 fully saturated rings. The summed E-state index contributed by atoms with van der Waals surface area (Å²) in [6.45, 7) is 3.74. The second-order valence-corrected chi connectivity index (χ2v) is 3.83. The van der Waals surface area contributed by atoms with Gasteiger partial charge in [0.25, 0.3) is 0 Å². The summed E-state index contributed by atoms with van der Waals surface area (Å²) in [5, 5.41) is 10.4. The van der Waals surface area contributed by atoms with Crippen molar-refractivity contribution < 1.29 is 9.90 Å². The number of nitrogens with zero attached hydrogens (tertiary/aromatic N) is 1. The van der Waals surface area contributed by atoms with E-state index in [1.54, 1.807) is 6.07 Å². The lowest BCUT2D eigenvalue weighted by molar-refractivity contribution is 0.112. The fraction of sp³-hybridized carbons (Fsp3) is 0.250. The van der Waals surface area contributed by atoms with E-state index >= 15 is 0 Å². The van der Waals surface area contributed by atoms with Gasteiger partial charge in [0.2, 0.25) is 0 Å². The highest BCUT2D eigenvalue weighted by atomic mass is 16.3. The van der Waals surface area contributed by atoms with E-state index in [9.17, 15) is 9.90 Å². The van der Waals surface area contributed by atoms with Crippen LogP contribution in [0.3, 0.4) is 0 Å². The molecule has 1 N–H and O–H groups in total. The zero-order valence-corrected chi connectivity index (χ0v) is 9.03. The van der Waals surface area contributed by atoms with Crippen molar-refractivity contribution in [1.82, 2.24) is 4.57 Å². The van der Waals surface area contributed by atoms with Crippen molar-refractivity contribution in [3.05, 3.63) is 29.0 Å². The van der Waals surface area contributed by atoms with E-state index < -0.39 is 0 Å². The molecule has 3 heteroatoms. The van der Waals surface area contributed by atoms with Crippen LogP contribution < -0.4 is 0 Å².